The molecule has 9 nitrogen and oxygen atoms in total. The lowest BCUT2D eigenvalue weighted by molar-refractivity contribution is -0.138. The highest BCUT2D eigenvalue weighted by atomic mass is 35.5. The number of nitrogens with zero attached hydrogens (tertiary/aromatic N) is 1. The number of alkyl halides is 3. The number of ether oxygens (including phenoxy) is 4. The van der Waals surface area contributed by atoms with Gasteiger partial charge in [-0.05, 0) is 42.7 Å². The van der Waals surface area contributed by atoms with Crippen molar-refractivity contribution in [3.05, 3.63) is 70.2 Å². The predicted molar refractivity (Wildman–Crippen MR) is 154 cm³/mol. The van der Waals surface area contributed by atoms with Gasteiger partial charge in [0.25, 0.3) is 5.91 Å². The zero-order valence-corrected chi connectivity index (χ0v) is 24.5. The van der Waals surface area contributed by atoms with Crippen LogP contribution in [0.1, 0.15) is 35.6 Å². The molecule has 0 fully saturated rings. The summed E-state index contributed by atoms with van der Waals surface area (Å²) in [7, 11) is 4.05. The molecule has 0 saturated heterocycles. The molecule has 1 heterocycles. The SMILES string of the molecule is COc1cc(NC(C(=O)N2CCc3cc(OC)c(C(F)(F)F)cc32)c2ccc(Cl)cc2OC)cc(OCCCC(O)O)c1. The van der Waals surface area contributed by atoms with E-state index < -0.39 is 30.0 Å². The number of rotatable bonds is 12. The largest absolute Gasteiger partial charge is 0.497 e. The normalized spacial score (nSPS) is 13.5. The van der Waals surface area contributed by atoms with Crippen LogP contribution in [0.25, 0.3) is 0 Å². The molecule has 0 aliphatic carbocycles. The Morgan fingerprint density at radius 3 is 2.37 bits per heavy atom. The fraction of sp³-hybridized carbons (Fsp3) is 0.367. The number of aliphatic hydroxyl groups excluding tert-OH is 1. The van der Waals surface area contributed by atoms with Gasteiger partial charge in [0, 0.05) is 53.1 Å². The maximum atomic E-state index is 14.2. The molecule has 43 heavy (non-hydrogen) atoms. The summed E-state index contributed by atoms with van der Waals surface area (Å²) in [5.41, 5.74) is 0.517. The highest BCUT2D eigenvalue weighted by Gasteiger charge is 2.39. The van der Waals surface area contributed by atoms with Gasteiger partial charge >= 0.3 is 6.18 Å². The molecule has 0 spiro atoms. The van der Waals surface area contributed by atoms with Gasteiger partial charge in [0.1, 0.15) is 29.0 Å². The number of hydrogen-bond donors (Lipinski definition) is 3. The van der Waals surface area contributed by atoms with E-state index in [9.17, 15) is 18.0 Å². The van der Waals surface area contributed by atoms with E-state index in [1.807, 2.05) is 0 Å². The van der Waals surface area contributed by atoms with Gasteiger partial charge in [-0.15, -0.1) is 0 Å². The molecule has 1 aliphatic heterocycles. The van der Waals surface area contributed by atoms with Crippen molar-refractivity contribution in [2.24, 2.45) is 0 Å². The first-order valence-electron chi connectivity index (χ1n) is 13.3. The summed E-state index contributed by atoms with van der Waals surface area (Å²) in [4.78, 5) is 15.6. The summed E-state index contributed by atoms with van der Waals surface area (Å²) in [5.74, 6) is 0.249. The monoisotopic (exact) mass is 624 g/mol. The van der Waals surface area contributed by atoms with Crippen molar-refractivity contribution in [1.29, 1.82) is 0 Å². The number of nitrogens with one attached hydrogen (secondary N) is 1. The zero-order valence-electron chi connectivity index (χ0n) is 23.7. The molecule has 1 atom stereocenters. The van der Waals surface area contributed by atoms with Gasteiger partial charge in [0.2, 0.25) is 0 Å². The van der Waals surface area contributed by atoms with Crippen LogP contribution in [0.2, 0.25) is 5.02 Å². The molecular formula is C30H32ClF3N2O7. The molecule has 3 N–H and O–H groups in total. The topological polar surface area (TPSA) is 110 Å². The number of benzene rings is 3. The molecule has 3 aromatic rings. The van der Waals surface area contributed by atoms with Crippen LogP contribution in [0.15, 0.2) is 48.5 Å². The van der Waals surface area contributed by atoms with Crippen molar-refractivity contribution in [2.45, 2.75) is 37.8 Å². The van der Waals surface area contributed by atoms with E-state index in [1.165, 1.54) is 32.3 Å². The zero-order chi connectivity index (χ0) is 31.3. The molecule has 0 radical (unpaired) electrons. The van der Waals surface area contributed by atoms with E-state index >= 15 is 0 Å². The van der Waals surface area contributed by atoms with Gasteiger partial charge in [-0.3, -0.25) is 4.79 Å². The van der Waals surface area contributed by atoms with Crippen LogP contribution in [0.4, 0.5) is 24.5 Å². The third kappa shape index (κ3) is 7.56. The number of anilines is 2. The van der Waals surface area contributed by atoms with Crippen LogP contribution < -0.4 is 29.2 Å². The third-order valence-electron chi connectivity index (χ3n) is 6.92. The lowest BCUT2D eigenvalue weighted by Crippen LogP contribution is -2.37. The van der Waals surface area contributed by atoms with Crippen LogP contribution >= 0.6 is 11.6 Å². The highest BCUT2D eigenvalue weighted by molar-refractivity contribution is 6.30. The second-order valence-electron chi connectivity index (χ2n) is 9.75. The molecule has 0 saturated carbocycles. The van der Waals surface area contributed by atoms with E-state index in [2.05, 4.69) is 5.32 Å². The fourth-order valence-corrected chi connectivity index (χ4v) is 5.03. The maximum Gasteiger partial charge on any atom is 0.420 e. The Kier molecular flexibility index (Phi) is 10.2. The summed E-state index contributed by atoms with van der Waals surface area (Å²) < 4.78 is 63.3. The summed E-state index contributed by atoms with van der Waals surface area (Å²) in [6.45, 7) is 0.336. The molecule has 232 valence electrons. The molecule has 4 rings (SSSR count). The Hall–Kier alpha value is -3.87. The number of carbonyl (C=O) groups is 1. The minimum absolute atomic E-state index is 0.126. The van der Waals surface area contributed by atoms with Crippen LogP contribution in [0.3, 0.4) is 0 Å². The fourth-order valence-electron chi connectivity index (χ4n) is 4.86. The van der Waals surface area contributed by atoms with E-state index in [4.69, 9.17) is 40.8 Å². The second-order valence-corrected chi connectivity index (χ2v) is 10.2. The number of hydrogen-bond acceptors (Lipinski definition) is 8. The molecule has 1 unspecified atom stereocenters. The Morgan fingerprint density at radius 2 is 1.72 bits per heavy atom. The minimum Gasteiger partial charge on any atom is -0.497 e. The first-order valence-corrected chi connectivity index (χ1v) is 13.7. The van der Waals surface area contributed by atoms with Crippen LogP contribution in [-0.4, -0.2) is 56.9 Å². The molecule has 13 heteroatoms. The number of amides is 1. The van der Waals surface area contributed by atoms with Gasteiger partial charge in [-0.2, -0.15) is 13.2 Å². The van der Waals surface area contributed by atoms with Crippen LogP contribution in [-0.2, 0) is 17.4 Å². The third-order valence-corrected chi connectivity index (χ3v) is 7.16. The predicted octanol–water partition coefficient (Wildman–Crippen LogP) is 5.60. The van der Waals surface area contributed by atoms with Crippen molar-refractivity contribution in [3.63, 3.8) is 0 Å². The Morgan fingerprint density at radius 1 is 1.00 bits per heavy atom. The van der Waals surface area contributed by atoms with Crippen LogP contribution in [0, 0.1) is 0 Å². The second kappa shape index (κ2) is 13.6. The number of halogens is 4. The van der Waals surface area contributed by atoms with Crippen molar-refractivity contribution >= 4 is 28.9 Å². The Labute approximate surface area is 251 Å². The first kappa shape index (κ1) is 32.1. The van der Waals surface area contributed by atoms with Crippen molar-refractivity contribution < 1.29 is 47.1 Å². The van der Waals surface area contributed by atoms with Crippen molar-refractivity contribution in [2.75, 3.05) is 44.7 Å². The number of fused-ring (bicyclic) bond motifs is 1. The quantitative estimate of drug-likeness (QED) is 0.177. The standard InChI is InChI=1S/C30H32ClF3N2O7/c1-40-20-13-19(14-21(15-20)43-10-4-5-27(37)38)35-28(22-7-6-18(31)12-25(22)41-2)29(39)36-9-8-17-11-26(42-3)23(16-24(17)36)30(32,33)34/h6-7,11-16,27-28,35,37-38H,4-5,8-10H2,1-3H3. The summed E-state index contributed by atoms with van der Waals surface area (Å²) >= 11 is 6.18. The smallest absolute Gasteiger partial charge is 0.420 e. The van der Waals surface area contributed by atoms with E-state index in [1.54, 1.807) is 36.4 Å². The van der Waals surface area contributed by atoms with E-state index in [-0.39, 0.29) is 31.0 Å². The summed E-state index contributed by atoms with van der Waals surface area (Å²) in [6.07, 6.45) is -5.31. The van der Waals surface area contributed by atoms with Gasteiger partial charge < -0.3 is 39.4 Å². The molecule has 1 aliphatic rings. The van der Waals surface area contributed by atoms with Gasteiger partial charge in [0.15, 0.2) is 6.29 Å². The number of aliphatic hydroxyl groups is 2. The molecular weight excluding hydrogens is 593 g/mol. The molecule has 0 aromatic heterocycles. The lowest BCUT2D eigenvalue weighted by atomic mass is 10.0. The molecule has 3 aromatic carbocycles. The molecule has 0 bridgehead atoms. The van der Waals surface area contributed by atoms with Gasteiger partial charge in [0.05, 0.1) is 33.5 Å². The van der Waals surface area contributed by atoms with Crippen molar-refractivity contribution in [3.8, 4) is 23.0 Å². The first-order chi connectivity index (χ1) is 20.4. The van der Waals surface area contributed by atoms with Crippen LogP contribution in [0.5, 0.6) is 23.0 Å². The molecule has 1 amide bonds. The number of methoxy groups -OCH3 is 3. The van der Waals surface area contributed by atoms with Crippen molar-refractivity contribution in [1.82, 2.24) is 0 Å². The highest BCUT2D eigenvalue weighted by Crippen LogP contribution is 2.43. The lowest BCUT2D eigenvalue weighted by Gasteiger charge is -2.28. The Bertz CT molecular complexity index is 1450. The minimum atomic E-state index is -4.69. The average Bonchev–Trinajstić information content (AvgIpc) is 3.39. The van der Waals surface area contributed by atoms with E-state index in [0.717, 1.165) is 6.07 Å². The van der Waals surface area contributed by atoms with Gasteiger partial charge in [-0.25, -0.2) is 0 Å². The summed E-state index contributed by atoms with van der Waals surface area (Å²) in [6, 6.07) is 10.8. The van der Waals surface area contributed by atoms with E-state index in [0.29, 0.717) is 51.9 Å². The average molecular weight is 625 g/mol. The maximum absolute atomic E-state index is 14.2. The number of carbonyl (C=O) groups excluding carboxylic acids is 1. The Balaban J connectivity index is 1.74. The summed E-state index contributed by atoms with van der Waals surface area (Å²) in [5, 5.41) is 21.7. The van der Waals surface area contributed by atoms with Gasteiger partial charge in [-0.1, -0.05) is 17.7 Å².